The number of carboxylic acid groups (broad SMARTS) is 1. The van der Waals surface area contributed by atoms with Crippen LogP contribution in [0.5, 0.6) is 0 Å². The fourth-order valence-electron chi connectivity index (χ4n) is 8.07. The van der Waals surface area contributed by atoms with Crippen molar-refractivity contribution in [2.24, 2.45) is 40.4 Å². The van der Waals surface area contributed by atoms with Crippen molar-refractivity contribution in [1.29, 1.82) is 0 Å². The fourth-order valence-corrected chi connectivity index (χ4v) is 8.07. The Morgan fingerprint density at radius 1 is 1.14 bits per heavy atom. The summed E-state index contributed by atoms with van der Waals surface area (Å²) in [5, 5.41) is 19.3. The standard InChI is InChI=1S/C24H38O5/c1-14(4-7-20(26)27)17-5-6-18-22-19(9-11-24(17,18)3)23(2)10-8-16(25)12-15(23)13-21(28)29-22/h14-19,22,25H,4-13H2,1-3H3,(H,26,27)/t14-,15+,16+,17?,18+,19?,22+,23+,24-/m1/s1. The molecule has 29 heavy (non-hydrogen) atoms. The van der Waals surface area contributed by atoms with E-state index in [2.05, 4.69) is 20.8 Å². The van der Waals surface area contributed by atoms with Crippen LogP contribution in [0.1, 0.15) is 85.0 Å². The Morgan fingerprint density at radius 3 is 2.55 bits per heavy atom. The third kappa shape index (κ3) is 3.51. The van der Waals surface area contributed by atoms with E-state index in [0.717, 1.165) is 51.4 Å². The van der Waals surface area contributed by atoms with Gasteiger partial charge in [0.05, 0.1) is 6.10 Å². The van der Waals surface area contributed by atoms with Gasteiger partial charge in [0.1, 0.15) is 6.10 Å². The van der Waals surface area contributed by atoms with Crippen LogP contribution in [0.25, 0.3) is 0 Å². The summed E-state index contributed by atoms with van der Waals surface area (Å²) < 4.78 is 6.20. The molecule has 5 heteroatoms. The molecule has 1 saturated heterocycles. The van der Waals surface area contributed by atoms with Gasteiger partial charge in [-0.2, -0.15) is 0 Å². The molecule has 2 N–H and O–H groups in total. The highest BCUT2D eigenvalue weighted by molar-refractivity contribution is 5.70. The summed E-state index contributed by atoms with van der Waals surface area (Å²) in [5.41, 5.74) is 0.203. The van der Waals surface area contributed by atoms with Crippen molar-refractivity contribution in [3.8, 4) is 0 Å². The van der Waals surface area contributed by atoms with Gasteiger partial charge in [0, 0.05) is 24.7 Å². The van der Waals surface area contributed by atoms with E-state index in [1.54, 1.807) is 0 Å². The number of rotatable bonds is 4. The van der Waals surface area contributed by atoms with Crippen molar-refractivity contribution < 1.29 is 24.5 Å². The van der Waals surface area contributed by atoms with Crippen LogP contribution >= 0.6 is 0 Å². The summed E-state index contributed by atoms with van der Waals surface area (Å²) in [6, 6.07) is 0. The number of carbonyl (C=O) groups is 2. The first-order valence-corrected chi connectivity index (χ1v) is 11.7. The van der Waals surface area contributed by atoms with Crippen molar-refractivity contribution in [1.82, 2.24) is 0 Å². The maximum atomic E-state index is 12.8. The van der Waals surface area contributed by atoms with Crippen molar-refractivity contribution in [3.05, 3.63) is 0 Å². The van der Waals surface area contributed by atoms with E-state index in [1.807, 2.05) is 0 Å². The minimum atomic E-state index is -0.712. The first-order valence-electron chi connectivity index (χ1n) is 11.7. The van der Waals surface area contributed by atoms with Gasteiger partial charge in [-0.15, -0.1) is 0 Å². The third-order valence-electron chi connectivity index (χ3n) is 9.80. The Balaban J connectivity index is 1.58. The lowest BCUT2D eigenvalue weighted by Gasteiger charge is -2.55. The van der Waals surface area contributed by atoms with E-state index in [1.165, 1.54) is 0 Å². The van der Waals surface area contributed by atoms with Gasteiger partial charge in [-0.3, -0.25) is 9.59 Å². The molecule has 5 nitrogen and oxygen atoms in total. The molecule has 0 aromatic rings. The zero-order valence-corrected chi connectivity index (χ0v) is 18.2. The number of carboxylic acids is 1. The molecule has 1 heterocycles. The summed E-state index contributed by atoms with van der Waals surface area (Å²) in [5.74, 6) is 1.09. The van der Waals surface area contributed by atoms with Gasteiger partial charge in [0.15, 0.2) is 0 Å². The lowest BCUT2D eigenvalue weighted by molar-refractivity contribution is -0.166. The smallest absolute Gasteiger partial charge is 0.306 e. The van der Waals surface area contributed by atoms with E-state index < -0.39 is 5.97 Å². The number of hydrogen-bond donors (Lipinski definition) is 2. The summed E-state index contributed by atoms with van der Waals surface area (Å²) in [7, 11) is 0. The Labute approximate surface area is 174 Å². The van der Waals surface area contributed by atoms with Crippen LogP contribution in [-0.4, -0.2) is 34.4 Å². The Bertz CT molecular complexity index is 662. The SMILES string of the molecule is C[C@H](CCC(=O)O)C1CC[C@H]2[C@@H]3OC(=O)C[C@@H]4C[C@@H](O)CC[C@]4(C)C3CC[C@]12C. The number of ether oxygens (including phenoxy) is 1. The Hall–Kier alpha value is -1.10. The molecule has 1 aliphatic heterocycles. The highest BCUT2D eigenvalue weighted by Gasteiger charge is 2.61. The second kappa shape index (κ2) is 7.55. The number of esters is 1. The van der Waals surface area contributed by atoms with E-state index in [9.17, 15) is 14.7 Å². The first-order chi connectivity index (χ1) is 13.6. The maximum Gasteiger partial charge on any atom is 0.306 e. The molecule has 0 spiro atoms. The van der Waals surface area contributed by atoms with Crippen LogP contribution in [0.4, 0.5) is 0 Å². The molecular formula is C24H38O5. The average molecular weight is 407 g/mol. The predicted octanol–water partition coefficient (Wildman–Crippen LogP) is 4.41. The second-order valence-corrected chi connectivity index (χ2v) is 11.1. The van der Waals surface area contributed by atoms with Crippen molar-refractivity contribution in [2.75, 3.05) is 0 Å². The third-order valence-corrected chi connectivity index (χ3v) is 9.80. The molecule has 164 valence electrons. The highest BCUT2D eigenvalue weighted by Crippen LogP contribution is 2.65. The minimum Gasteiger partial charge on any atom is -0.481 e. The number of fused-ring (bicyclic) bond motifs is 5. The van der Waals surface area contributed by atoms with Crippen LogP contribution in [-0.2, 0) is 14.3 Å². The zero-order chi connectivity index (χ0) is 21.0. The van der Waals surface area contributed by atoms with E-state index in [-0.39, 0.29) is 41.3 Å². The molecule has 0 bridgehead atoms. The van der Waals surface area contributed by atoms with Crippen LogP contribution in [0.2, 0.25) is 0 Å². The van der Waals surface area contributed by atoms with Gasteiger partial charge in [-0.25, -0.2) is 0 Å². The van der Waals surface area contributed by atoms with E-state index in [0.29, 0.717) is 30.1 Å². The normalized spacial score (nSPS) is 47.9. The van der Waals surface area contributed by atoms with Crippen molar-refractivity contribution >= 4 is 11.9 Å². The molecule has 4 aliphatic rings. The average Bonchev–Trinajstić information content (AvgIpc) is 2.95. The van der Waals surface area contributed by atoms with Crippen molar-refractivity contribution in [3.63, 3.8) is 0 Å². The minimum absolute atomic E-state index is 0.0110. The lowest BCUT2D eigenvalue weighted by Crippen LogP contribution is -2.53. The van der Waals surface area contributed by atoms with Crippen LogP contribution < -0.4 is 0 Å². The lowest BCUT2D eigenvalue weighted by atomic mass is 9.51. The van der Waals surface area contributed by atoms with E-state index >= 15 is 0 Å². The van der Waals surface area contributed by atoms with Gasteiger partial charge in [-0.1, -0.05) is 20.8 Å². The second-order valence-electron chi connectivity index (χ2n) is 11.1. The molecule has 4 rings (SSSR count). The van der Waals surface area contributed by atoms with Crippen LogP contribution in [0.3, 0.4) is 0 Å². The zero-order valence-electron chi connectivity index (χ0n) is 18.2. The summed E-state index contributed by atoms with van der Waals surface area (Å²) in [6.07, 6.45) is 8.08. The quantitative estimate of drug-likeness (QED) is 0.676. The Kier molecular flexibility index (Phi) is 5.50. The Morgan fingerprint density at radius 2 is 1.83 bits per heavy atom. The van der Waals surface area contributed by atoms with Gasteiger partial charge in [-0.05, 0) is 80.0 Å². The summed E-state index contributed by atoms with van der Waals surface area (Å²) in [6.45, 7) is 6.95. The summed E-state index contributed by atoms with van der Waals surface area (Å²) in [4.78, 5) is 23.8. The molecule has 0 aromatic heterocycles. The molecule has 3 saturated carbocycles. The predicted molar refractivity (Wildman–Crippen MR) is 109 cm³/mol. The highest BCUT2D eigenvalue weighted by atomic mass is 16.5. The van der Waals surface area contributed by atoms with Gasteiger partial charge < -0.3 is 14.9 Å². The first kappa shape index (κ1) is 21.1. The maximum absolute atomic E-state index is 12.8. The largest absolute Gasteiger partial charge is 0.481 e. The topological polar surface area (TPSA) is 83.8 Å². The van der Waals surface area contributed by atoms with Crippen LogP contribution in [0, 0.1) is 40.4 Å². The van der Waals surface area contributed by atoms with Crippen LogP contribution in [0.15, 0.2) is 0 Å². The number of aliphatic hydroxyl groups is 1. The number of hydrogen-bond acceptors (Lipinski definition) is 4. The van der Waals surface area contributed by atoms with Crippen molar-refractivity contribution in [2.45, 2.75) is 97.2 Å². The molecule has 0 amide bonds. The molecule has 9 atom stereocenters. The molecular weight excluding hydrogens is 368 g/mol. The number of carbonyl (C=O) groups excluding carboxylic acids is 1. The monoisotopic (exact) mass is 406 g/mol. The molecule has 2 unspecified atom stereocenters. The fraction of sp³-hybridized carbons (Fsp3) is 0.917. The number of aliphatic carboxylic acids is 1. The molecule has 0 radical (unpaired) electrons. The molecule has 0 aromatic carbocycles. The molecule has 4 fully saturated rings. The molecule has 3 aliphatic carbocycles. The summed E-state index contributed by atoms with van der Waals surface area (Å²) >= 11 is 0. The van der Waals surface area contributed by atoms with Gasteiger partial charge in [0.25, 0.3) is 0 Å². The van der Waals surface area contributed by atoms with Gasteiger partial charge in [0.2, 0.25) is 0 Å². The van der Waals surface area contributed by atoms with E-state index in [4.69, 9.17) is 9.84 Å². The van der Waals surface area contributed by atoms with Gasteiger partial charge >= 0.3 is 11.9 Å². The number of aliphatic hydroxyl groups excluding tert-OH is 1.